The van der Waals surface area contributed by atoms with Gasteiger partial charge in [0.2, 0.25) is 35.4 Å². The van der Waals surface area contributed by atoms with E-state index in [0.717, 1.165) is 10.9 Å². The molecular formula is C44H65N11O9S3. The van der Waals surface area contributed by atoms with Crippen molar-refractivity contribution in [3.05, 3.63) is 65.9 Å². The third-order valence-corrected chi connectivity index (χ3v) is 12.2. The van der Waals surface area contributed by atoms with Gasteiger partial charge < -0.3 is 64.3 Å². The molecule has 0 radical (unpaired) electrons. The molecule has 3 aromatic rings. The summed E-state index contributed by atoms with van der Waals surface area (Å²) in [5, 5.41) is 36.6. The first-order chi connectivity index (χ1) is 31.9. The molecular weight excluding hydrogens is 923 g/mol. The quantitative estimate of drug-likeness (QED) is 0.0190. The number of carboxylic acids is 1. The van der Waals surface area contributed by atoms with Gasteiger partial charge >= 0.3 is 5.97 Å². The van der Waals surface area contributed by atoms with Gasteiger partial charge in [-0.2, -0.15) is 36.2 Å². The number of nitrogens with two attached hydrogens (primary N) is 3. The average Bonchev–Trinajstić information content (AvgIpc) is 3.70. The fraction of sp³-hybridized carbons (Fsp3) is 0.500. The maximum atomic E-state index is 14.4. The number of aromatic hydroxyl groups is 1. The largest absolute Gasteiger partial charge is 0.508 e. The number of H-pyrrole nitrogens is 1. The van der Waals surface area contributed by atoms with Crippen molar-refractivity contribution in [2.75, 3.05) is 36.3 Å². The summed E-state index contributed by atoms with van der Waals surface area (Å²) in [6, 6.07) is 4.79. The SMILES string of the molecule is CSCCC(NC(=O)C(NC(=O)[C@@H](CCSC)NC(=O)C(Cc1ccc(O)cc1)NC(=O)C(CCCN=C(N)N)NC(=O)C(Cc1c[nH]c2ccccc12)NC(=O)C(N)CS)C(C)C)C(=O)O. The Morgan fingerprint density at radius 1 is 0.701 bits per heavy atom. The maximum Gasteiger partial charge on any atom is 0.326 e. The highest BCUT2D eigenvalue weighted by Gasteiger charge is 2.35. The second kappa shape index (κ2) is 28.5. The van der Waals surface area contributed by atoms with Crippen molar-refractivity contribution in [2.24, 2.45) is 28.1 Å². The van der Waals surface area contributed by atoms with Gasteiger partial charge in [0.15, 0.2) is 5.96 Å². The number of aromatic amines is 1. The molecule has 0 aliphatic carbocycles. The molecule has 2 aromatic carbocycles. The van der Waals surface area contributed by atoms with Crippen LogP contribution in [-0.2, 0) is 46.4 Å². The highest BCUT2D eigenvalue weighted by atomic mass is 32.2. The number of thiol groups is 1. The van der Waals surface area contributed by atoms with Crippen molar-refractivity contribution in [1.82, 2.24) is 36.9 Å². The van der Waals surface area contributed by atoms with Crippen molar-refractivity contribution >= 4 is 94.4 Å². The minimum absolute atomic E-state index is 0.00603. The molecule has 0 saturated heterocycles. The van der Waals surface area contributed by atoms with Crippen LogP contribution in [0.1, 0.15) is 50.7 Å². The summed E-state index contributed by atoms with van der Waals surface area (Å²) in [5.74, 6) is -5.44. The summed E-state index contributed by atoms with van der Waals surface area (Å²) in [7, 11) is 0. The monoisotopic (exact) mass is 987 g/mol. The number of carbonyl (C=O) groups excluding carboxylic acids is 6. The number of aliphatic carboxylic acids is 1. The first kappa shape index (κ1) is 55.7. The van der Waals surface area contributed by atoms with E-state index in [1.165, 1.54) is 35.7 Å². The lowest BCUT2D eigenvalue weighted by atomic mass is 10.0. The van der Waals surface area contributed by atoms with Gasteiger partial charge in [-0.3, -0.25) is 33.8 Å². The summed E-state index contributed by atoms with van der Waals surface area (Å²) < 4.78 is 0. The number of nitrogens with zero attached hydrogens (tertiary/aromatic N) is 1. The van der Waals surface area contributed by atoms with Gasteiger partial charge in [0.05, 0.1) is 6.04 Å². The Morgan fingerprint density at radius 3 is 1.81 bits per heavy atom. The standard InChI is InChI=1S/C44H65N11O9S3/c1-24(2)36(42(62)52-33(43(63)64)16-19-67-4)55-39(59)32(15-18-66-3)51-40(60)34(20-25-11-13-27(56)14-12-25)54-38(58)31(10-7-17-48-44(46)47)50-41(61)35(53-37(57)29(45)23-65)21-26-22-49-30-9-6-5-8-28(26)30/h5-6,8-9,11-14,22,24,29,31-36,49,56,65H,7,10,15-21,23,45H2,1-4H3,(H,50,61)(H,51,60)(H,52,62)(H,53,57)(H,54,58)(H,55,59)(H,63,64)(H4,46,47,48)/t29?,31?,32-,33?,34?,35?,36?/m1/s1. The second-order valence-corrected chi connectivity index (χ2v) is 18.4. The van der Waals surface area contributed by atoms with Crippen LogP contribution in [-0.4, -0.2) is 141 Å². The minimum atomic E-state index is -1.37. The maximum absolute atomic E-state index is 14.4. The highest BCUT2D eigenvalue weighted by molar-refractivity contribution is 7.98. The highest BCUT2D eigenvalue weighted by Crippen LogP contribution is 2.20. The van der Waals surface area contributed by atoms with Gasteiger partial charge in [0.1, 0.15) is 42.0 Å². The van der Waals surface area contributed by atoms with E-state index in [1.54, 1.807) is 32.2 Å². The lowest BCUT2D eigenvalue weighted by Crippen LogP contribution is -2.60. The van der Waals surface area contributed by atoms with Crippen LogP contribution in [0.5, 0.6) is 5.75 Å². The number of phenols is 1. The number of hydrogen-bond acceptors (Lipinski definition) is 13. The fourth-order valence-corrected chi connectivity index (χ4v) is 7.91. The molecule has 6 amide bonds. The van der Waals surface area contributed by atoms with Crippen LogP contribution in [0.15, 0.2) is 59.7 Å². The topological polar surface area (TPSA) is 338 Å². The Hall–Kier alpha value is -5.65. The van der Waals surface area contributed by atoms with Crippen molar-refractivity contribution in [2.45, 2.75) is 94.7 Å². The molecule has 0 saturated carbocycles. The number of fused-ring (bicyclic) bond motifs is 1. The molecule has 0 fully saturated rings. The molecule has 15 N–H and O–H groups in total. The molecule has 6 unspecified atom stereocenters. The van der Waals surface area contributed by atoms with Crippen molar-refractivity contribution in [3.8, 4) is 5.75 Å². The second-order valence-electron chi connectivity index (χ2n) is 16.1. The van der Waals surface area contributed by atoms with E-state index < -0.39 is 89.6 Å². The van der Waals surface area contributed by atoms with Crippen LogP contribution in [0.3, 0.4) is 0 Å². The van der Waals surface area contributed by atoms with E-state index in [2.05, 4.69) is 54.5 Å². The normalized spacial score (nSPS) is 14.3. The number of phenolic OH excluding ortho intramolecular Hbond substituents is 1. The molecule has 0 spiro atoms. The zero-order valence-electron chi connectivity index (χ0n) is 38.1. The Bertz CT molecular complexity index is 2160. The van der Waals surface area contributed by atoms with E-state index in [4.69, 9.17) is 17.2 Å². The molecule has 1 heterocycles. The van der Waals surface area contributed by atoms with Gasteiger partial charge in [-0.15, -0.1) is 0 Å². The number of carbonyl (C=O) groups is 7. The molecule has 7 atom stereocenters. The number of carboxylic acid groups (broad SMARTS) is 1. The number of benzene rings is 2. The van der Waals surface area contributed by atoms with E-state index in [-0.39, 0.29) is 62.5 Å². The molecule has 0 bridgehead atoms. The summed E-state index contributed by atoms with van der Waals surface area (Å²) in [4.78, 5) is 103. The van der Waals surface area contributed by atoms with Gasteiger partial charge in [0.25, 0.3) is 0 Å². The number of aromatic nitrogens is 1. The molecule has 368 valence electrons. The van der Waals surface area contributed by atoms with Crippen molar-refractivity contribution < 1.29 is 43.8 Å². The van der Waals surface area contributed by atoms with E-state index in [9.17, 15) is 43.8 Å². The lowest BCUT2D eigenvalue weighted by Gasteiger charge is -2.28. The molecule has 1 aromatic heterocycles. The van der Waals surface area contributed by atoms with E-state index in [1.807, 2.05) is 36.8 Å². The number of thioether (sulfide) groups is 2. The predicted molar refractivity (Wildman–Crippen MR) is 266 cm³/mol. The van der Waals surface area contributed by atoms with Crippen LogP contribution in [0.4, 0.5) is 0 Å². The van der Waals surface area contributed by atoms with Gasteiger partial charge in [-0.1, -0.05) is 44.2 Å². The number of para-hydroxylation sites is 1. The Labute approximate surface area is 404 Å². The summed E-state index contributed by atoms with van der Waals surface area (Å²) in [6.07, 6.45) is 5.66. The van der Waals surface area contributed by atoms with E-state index in [0.29, 0.717) is 22.6 Å². The van der Waals surface area contributed by atoms with Crippen molar-refractivity contribution in [3.63, 3.8) is 0 Å². The first-order valence-corrected chi connectivity index (χ1v) is 25.1. The zero-order valence-corrected chi connectivity index (χ0v) is 40.6. The number of guanidine groups is 1. The molecule has 0 aliphatic heterocycles. The van der Waals surface area contributed by atoms with Gasteiger partial charge in [-0.05, 0) is 84.9 Å². The molecule has 0 aliphatic rings. The molecule has 3 rings (SSSR count). The smallest absolute Gasteiger partial charge is 0.326 e. The van der Waals surface area contributed by atoms with Crippen LogP contribution in [0, 0.1) is 5.92 Å². The molecule has 67 heavy (non-hydrogen) atoms. The first-order valence-electron chi connectivity index (χ1n) is 21.7. The third-order valence-electron chi connectivity index (χ3n) is 10.6. The number of rotatable bonds is 29. The lowest BCUT2D eigenvalue weighted by molar-refractivity contribution is -0.142. The zero-order chi connectivity index (χ0) is 49.6. The van der Waals surface area contributed by atoms with Gasteiger partial charge in [-0.25, -0.2) is 4.79 Å². The molecule has 23 heteroatoms. The number of hydrogen-bond donors (Lipinski definition) is 13. The summed E-state index contributed by atoms with van der Waals surface area (Å²) in [6.45, 7) is 3.45. The Kier molecular flexibility index (Phi) is 23.7. The minimum Gasteiger partial charge on any atom is -0.508 e. The third kappa shape index (κ3) is 18.5. The summed E-state index contributed by atoms with van der Waals surface area (Å²) in [5.41, 5.74) is 19.1. The van der Waals surface area contributed by atoms with Gasteiger partial charge in [0, 0.05) is 42.2 Å². The number of aliphatic imine (C=N–C) groups is 1. The number of nitrogens with one attached hydrogen (secondary N) is 7. The van der Waals surface area contributed by atoms with Crippen LogP contribution < -0.4 is 49.1 Å². The Morgan fingerprint density at radius 2 is 1.22 bits per heavy atom. The number of amides is 6. The van der Waals surface area contributed by atoms with Crippen molar-refractivity contribution in [1.29, 1.82) is 0 Å². The molecule has 20 nitrogen and oxygen atoms in total. The Balaban J connectivity index is 1.96. The van der Waals surface area contributed by atoms with Crippen LogP contribution >= 0.6 is 36.2 Å². The predicted octanol–water partition coefficient (Wildman–Crippen LogP) is 0.125. The average molecular weight is 988 g/mol. The fourth-order valence-electron chi connectivity index (χ4n) is 6.81. The van der Waals surface area contributed by atoms with E-state index >= 15 is 0 Å². The summed E-state index contributed by atoms with van der Waals surface area (Å²) >= 11 is 6.95. The van der Waals surface area contributed by atoms with Crippen LogP contribution in [0.25, 0.3) is 10.9 Å². The van der Waals surface area contributed by atoms with Crippen LogP contribution in [0.2, 0.25) is 0 Å².